The second-order valence-corrected chi connectivity index (χ2v) is 6.73. The summed E-state index contributed by atoms with van der Waals surface area (Å²) in [4.78, 5) is 10.2. The van der Waals surface area contributed by atoms with Gasteiger partial charge in [0, 0.05) is 17.4 Å². The topological polar surface area (TPSA) is 100 Å². The zero-order chi connectivity index (χ0) is 13.1. The molecular weight excluding hydrogens is 289 g/mol. The van der Waals surface area contributed by atoms with Gasteiger partial charge in [0.1, 0.15) is 9.15 Å². The number of nitrogens with zero attached hydrogens (tertiary/aromatic N) is 1. The van der Waals surface area contributed by atoms with Crippen LogP contribution in [0.4, 0.5) is 5.69 Å². The SMILES string of the molecule is CC(CSS(=O)(=O)[O-])c1ccccc1[N+](=O)[O-].[Na+]. The fraction of sp³-hybridized carbons (Fsp3) is 0.333. The van der Waals surface area contributed by atoms with Crippen LogP contribution < -0.4 is 29.6 Å². The maximum atomic E-state index is 10.7. The Morgan fingerprint density at radius 1 is 1.39 bits per heavy atom. The molecule has 0 radical (unpaired) electrons. The number of benzene rings is 1. The van der Waals surface area contributed by atoms with Crippen LogP contribution in [-0.4, -0.2) is 23.6 Å². The van der Waals surface area contributed by atoms with Gasteiger partial charge in [0.05, 0.1) is 4.92 Å². The van der Waals surface area contributed by atoms with Gasteiger partial charge in [0.25, 0.3) is 5.69 Å². The third kappa shape index (κ3) is 5.68. The minimum Gasteiger partial charge on any atom is -0.739 e. The summed E-state index contributed by atoms with van der Waals surface area (Å²) >= 11 is 0. The predicted octanol–water partition coefficient (Wildman–Crippen LogP) is -1.10. The summed E-state index contributed by atoms with van der Waals surface area (Å²) in [5.41, 5.74) is 0.359. The summed E-state index contributed by atoms with van der Waals surface area (Å²) in [5.74, 6) is -0.387. The van der Waals surface area contributed by atoms with Gasteiger partial charge in [-0.1, -0.05) is 25.1 Å². The first-order valence-corrected chi connectivity index (χ1v) is 7.56. The molecule has 1 rings (SSSR count). The first kappa shape index (κ1) is 17.9. The molecule has 0 aromatic heterocycles. The zero-order valence-corrected chi connectivity index (χ0v) is 13.5. The Labute approximate surface area is 131 Å². The van der Waals surface area contributed by atoms with E-state index in [1.807, 2.05) is 0 Å². The fourth-order valence-corrected chi connectivity index (χ4v) is 3.01. The quantitative estimate of drug-likeness (QED) is 0.225. The van der Waals surface area contributed by atoms with Crippen molar-refractivity contribution in [1.29, 1.82) is 0 Å². The van der Waals surface area contributed by atoms with Gasteiger partial charge in [-0.05, 0) is 16.7 Å². The van der Waals surface area contributed by atoms with Crippen molar-refractivity contribution in [2.24, 2.45) is 0 Å². The summed E-state index contributed by atoms with van der Waals surface area (Å²) in [7, 11) is -4.11. The van der Waals surface area contributed by atoms with Crippen molar-refractivity contribution in [3.63, 3.8) is 0 Å². The van der Waals surface area contributed by atoms with Gasteiger partial charge in [-0.25, -0.2) is 8.42 Å². The van der Waals surface area contributed by atoms with Crippen LogP contribution in [0.5, 0.6) is 0 Å². The molecule has 1 atom stereocenters. The molecule has 9 heteroatoms. The molecule has 0 saturated carbocycles. The molecule has 0 aliphatic rings. The smallest absolute Gasteiger partial charge is 0.739 e. The van der Waals surface area contributed by atoms with Gasteiger partial charge in [-0.2, -0.15) is 0 Å². The van der Waals surface area contributed by atoms with E-state index in [-0.39, 0.29) is 57.7 Å². The van der Waals surface area contributed by atoms with Crippen molar-refractivity contribution in [2.45, 2.75) is 12.8 Å². The minimum absolute atomic E-state index is 0. The molecule has 0 heterocycles. The molecule has 0 aliphatic heterocycles. The number of para-hydroxylation sites is 1. The molecule has 0 fully saturated rings. The largest absolute Gasteiger partial charge is 1.00 e. The zero-order valence-electron chi connectivity index (χ0n) is 9.90. The molecule has 0 bridgehead atoms. The van der Waals surface area contributed by atoms with Crippen molar-refractivity contribution >= 4 is 25.6 Å². The molecular formula is C9H10NNaO5S2. The first-order valence-electron chi connectivity index (χ1n) is 4.65. The minimum atomic E-state index is -4.36. The third-order valence-corrected chi connectivity index (χ3v) is 4.33. The third-order valence-electron chi connectivity index (χ3n) is 2.13. The summed E-state index contributed by atoms with van der Waals surface area (Å²) < 4.78 is 31.4. The van der Waals surface area contributed by atoms with E-state index < -0.39 is 14.1 Å². The Balaban J connectivity index is 0.00000289. The van der Waals surface area contributed by atoms with Crippen molar-refractivity contribution in [3.8, 4) is 0 Å². The molecule has 94 valence electrons. The van der Waals surface area contributed by atoms with Gasteiger partial charge in [0.2, 0.25) is 0 Å². The Bertz CT molecular complexity index is 519. The maximum absolute atomic E-state index is 10.7. The van der Waals surface area contributed by atoms with Gasteiger partial charge in [0.15, 0.2) is 0 Å². The second-order valence-electron chi connectivity index (χ2n) is 3.41. The van der Waals surface area contributed by atoms with Crippen LogP contribution >= 0.6 is 10.8 Å². The first-order chi connectivity index (χ1) is 7.81. The molecule has 0 saturated heterocycles. The molecule has 0 aliphatic carbocycles. The number of nitro benzene ring substituents is 1. The van der Waals surface area contributed by atoms with Crippen LogP contribution in [0.3, 0.4) is 0 Å². The van der Waals surface area contributed by atoms with Gasteiger partial charge in [-0.15, -0.1) is 0 Å². The standard InChI is InChI=1S/C9H11NO5S2.Na/c1-7(6-16-17(13,14)15)8-4-2-3-5-9(8)10(11)12;/h2-5,7H,6H2,1H3,(H,13,14,15);/q;+1/p-1. The monoisotopic (exact) mass is 299 g/mol. The van der Waals surface area contributed by atoms with Gasteiger partial charge >= 0.3 is 29.6 Å². The molecule has 1 unspecified atom stereocenters. The van der Waals surface area contributed by atoms with E-state index in [2.05, 4.69) is 0 Å². The number of hydrogen-bond acceptors (Lipinski definition) is 6. The summed E-state index contributed by atoms with van der Waals surface area (Å²) in [6.45, 7) is 1.64. The molecule has 0 N–H and O–H groups in total. The average Bonchev–Trinajstić information content (AvgIpc) is 2.25. The summed E-state index contributed by atoms with van der Waals surface area (Å²) in [6.07, 6.45) is 0. The van der Waals surface area contributed by atoms with Crippen LogP contribution in [0.2, 0.25) is 0 Å². The summed E-state index contributed by atoms with van der Waals surface area (Å²) in [6, 6.07) is 6.07. The van der Waals surface area contributed by atoms with Gasteiger partial charge in [-0.3, -0.25) is 10.1 Å². The van der Waals surface area contributed by atoms with E-state index in [0.29, 0.717) is 5.56 Å². The van der Waals surface area contributed by atoms with E-state index in [1.54, 1.807) is 19.1 Å². The average molecular weight is 299 g/mol. The van der Waals surface area contributed by atoms with Crippen LogP contribution in [-0.2, 0) is 9.15 Å². The van der Waals surface area contributed by atoms with Gasteiger partial charge < -0.3 is 4.55 Å². The van der Waals surface area contributed by atoms with E-state index >= 15 is 0 Å². The molecule has 1 aromatic carbocycles. The van der Waals surface area contributed by atoms with E-state index in [1.165, 1.54) is 12.1 Å². The molecule has 0 amide bonds. The van der Waals surface area contributed by atoms with Crippen molar-refractivity contribution < 1.29 is 47.5 Å². The molecule has 6 nitrogen and oxygen atoms in total. The predicted molar refractivity (Wildman–Crippen MR) is 63.7 cm³/mol. The second kappa shape index (κ2) is 7.46. The van der Waals surface area contributed by atoms with Crippen LogP contribution in [0.15, 0.2) is 24.3 Å². The number of hydrogen-bond donors (Lipinski definition) is 0. The Kier molecular flexibility index (Phi) is 7.41. The Hall–Kier alpha value is -0.120. The van der Waals surface area contributed by atoms with Crippen LogP contribution in [0.25, 0.3) is 0 Å². The number of nitro groups is 1. The van der Waals surface area contributed by atoms with Crippen LogP contribution in [0.1, 0.15) is 18.4 Å². The molecule has 0 spiro atoms. The summed E-state index contributed by atoms with van der Waals surface area (Å²) in [5, 5.41) is 10.7. The van der Waals surface area contributed by atoms with E-state index in [0.717, 1.165) is 0 Å². The van der Waals surface area contributed by atoms with Crippen molar-refractivity contribution in [1.82, 2.24) is 0 Å². The molecule has 1 aromatic rings. The number of rotatable bonds is 5. The normalized spacial score (nSPS) is 12.6. The van der Waals surface area contributed by atoms with Crippen molar-refractivity contribution in [2.75, 3.05) is 5.75 Å². The van der Waals surface area contributed by atoms with E-state index in [4.69, 9.17) is 0 Å². The molecule has 18 heavy (non-hydrogen) atoms. The fourth-order valence-electron chi connectivity index (χ4n) is 1.35. The van der Waals surface area contributed by atoms with E-state index in [9.17, 15) is 23.1 Å². The van der Waals surface area contributed by atoms with Crippen LogP contribution in [0, 0.1) is 10.1 Å². The maximum Gasteiger partial charge on any atom is 1.00 e. The Morgan fingerprint density at radius 2 is 1.94 bits per heavy atom. The van der Waals surface area contributed by atoms with Crippen molar-refractivity contribution in [3.05, 3.63) is 39.9 Å². The Morgan fingerprint density at radius 3 is 2.44 bits per heavy atom.